The van der Waals surface area contributed by atoms with Gasteiger partial charge in [-0.05, 0) is 55.3 Å². The van der Waals surface area contributed by atoms with Gasteiger partial charge in [0, 0.05) is 21.9 Å². The van der Waals surface area contributed by atoms with E-state index in [2.05, 4.69) is 24.0 Å². The van der Waals surface area contributed by atoms with Crippen LogP contribution in [0.25, 0.3) is 21.7 Å². The Balaban J connectivity index is 1.52. The minimum absolute atomic E-state index is 0.0383. The van der Waals surface area contributed by atoms with Crippen molar-refractivity contribution in [3.63, 3.8) is 0 Å². The van der Waals surface area contributed by atoms with E-state index in [0.717, 1.165) is 21.7 Å². The molecular weight excluding hydrogens is 528 g/mol. The molecule has 0 fully saturated rings. The van der Waals surface area contributed by atoms with Gasteiger partial charge in [-0.25, -0.2) is 8.97 Å². The van der Waals surface area contributed by atoms with Gasteiger partial charge in [0.1, 0.15) is 4.83 Å². The number of ether oxygens (including phenoxy) is 1. The summed E-state index contributed by atoms with van der Waals surface area (Å²) in [4.78, 5) is 28.7. The van der Waals surface area contributed by atoms with E-state index in [-0.39, 0.29) is 22.7 Å². The molecule has 0 spiro atoms. The van der Waals surface area contributed by atoms with Crippen LogP contribution in [0.2, 0.25) is 5.02 Å². The standard InChI is InChI=1S/C27H23ClN4O3S2/c1-3-27(2)13-19-21(14-35-27)37-24-22(19)23(34)31(18-7-5-4-6-8-18)25-29-30-26(32(24)25)36-15-20(33)16-9-11-17(28)12-10-16/h4-12H,3,13-15H2,1-2H3. The van der Waals surface area contributed by atoms with Crippen LogP contribution >= 0.6 is 34.7 Å². The largest absolute Gasteiger partial charge is 0.369 e. The molecular formula is C27H23ClN4O3S2. The van der Waals surface area contributed by atoms with Crippen molar-refractivity contribution in [3.8, 4) is 5.69 Å². The van der Waals surface area contributed by atoms with E-state index in [1.807, 2.05) is 34.7 Å². The molecule has 0 amide bonds. The van der Waals surface area contributed by atoms with Gasteiger partial charge in [0.05, 0.1) is 29.0 Å². The first-order chi connectivity index (χ1) is 17.9. The van der Waals surface area contributed by atoms with Gasteiger partial charge in [-0.1, -0.05) is 48.5 Å². The van der Waals surface area contributed by atoms with E-state index in [1.165, 1.54) is 11.8 Å². The van der Waals surface area contributed by atoms with Gasteiger partial charge in [0.2, 0.25) is 5.78 Å². The Kier molecular flexibility index (Phi) is 6.19. The average molecular weight is 551 g/mol. The van der Waals surface area contributed by atoms with Crippen molar-refractivity contribution in [1.82, 2.24) is 19.2 Å². The lowest BCUT2D eigenvalue weighted by atomic mass is 9.90. The molecule has 0 aliphatic carbocycles. The summed E-state index contributed by atoms with van der Waals surface area (Å²) >= 11 is 8.82. The molecule has 1 aliphatic rings. The van der Waals surface area contributed by atoms with E-state index < -0.39 is 0 Å². The lowest BCUT2D eigenvalue weighted by Gasteiger charge is -2.32. The number of aromatic nitrogens is 4. The molecule has 1 unspecified atom stereocenters. The fraction of sp³-hybridized carbons (Fsp3) is 0.259. The van der Waals surface area contributed by atoms with Crippen LogP contribution in [0.5, 0.6) is 0 Å². The maximum Gasteiger partial charge on any atom is 0.268 e. The molecule has 188 valence electrons. The molecule has 0 saturated carbocycles. The Bertz CT molecular complexity index is 1710. The number of ketones is 1. The van der Waals surface area contributed by atoms with E-state index in [9.17, 15) is 9.59 Å². The maximum absolute atomic E-state index is 14.0. The molecule has 7 nitrogen and oxygen atoms in total. The summed E-state index contributed by atoms with van der Waals surface area (Å²) in [7, 11) is 0. The van der Waals surface area contributed by atoms with Crippen LogP contribution in [0.15, 0.2) is 64.5 Å². The summed E-state index contributed by atoms with van der Waals surface area (Å²) in [6.45, 7) is 4.66. The van der Waals surface area contributed by atoms with E-state index in [4.69, 9.17) is 16.3 Å². The van der Waals surface area contributed by atoms with Gasteiger partial charge < -0.3 is 4.74 Å². The average Bonchev–Trinajstić information content (AvgIpc) is 3.49. The third-order valence-electron chi connectivity index (χ3n) is 6.87. The highest BCUT2D eigenvalue weighted by Crippen LogP contribution is 2.40. The fourth-order valence-corrected chi connectivity index (χ4v) is 6.84. The second-order valence-electron chi connectivity index (χ2n) is 9.27. The molecule has 0 bridgehead atoms. The lowest BCUT2D eigenvalue weighted by Crippen LogP contribution is -2.34. The predicted molar refractivity (Wildman–Crippen MR) is 148 cm³/mol. The van der Waals surface area contributed by atoms with Crippen LogP contribution in [0.3, 0.4) is 0 Å². The van der Waals surface area contributed by atoms with Gasteiger partial charge in [-0.3, -0.25) is 9.59 Å². The van der Waals surface area contributed by atoms with E-state index in [0.29, 0.717) is 45.6 Å². The van der Waals surface area contributed by atoms with Crippen LogP contribution in [0.4, 0.5) is 0 Å². The zero-order valence-electron chi connectivity index (χ0n) is 20.2. The second-order valence-corrected chi connectivity index (χ2v) is 11.7. The molecule has 3 aromatic heterocycles. The number of rotatable bonds is 6. The number of Topliss-reactive ketones (excluding diaryl/α,β-unsaturated/α-hetero) is 1. The van der Waals surface area contributed by atoms with Gasteiger partial charge in [-0.2, -0.15) is 0 Å². The predicted octanol–water partition coefficient (Wildman–Crippen LogP) is 5.96. The number of benzene rings is 2. The number of para-hydroxylation sites is 1. The number of hydrogen-bond donors (Lipinski definition) is 0. The van der Waals surface area contributed by atoms with Crippen molar-refractivity contribution in [3.05, 3.63) is 86.0 Å². The number of halogens is 1. The van der Waals surface area contributed by atoms with Crippen molar-refractivity contribution in [2.24, 2.45) is 0 Å². The van der Waals surface area contributed by atoms with Crippen molar-refractivity contribution in [1.29, 1.82) is 0 Å². The number of fused-ring (bicyclic) bond motifs is 5. The van der Waals surface area contributed by atoms with Crippen molar-refractivity contribution >= 4 is 56.5 Å². The molecule has 10 heteroatoms. The number of thiophene rings is 1. The molecule has 1 atom stereocenters. The van der Waals surface area contributed by atoms with Crippen LogP contribution in [0.1, 0.15) is 41.1 Å². The monoisotopic (exact) mass is 550 g/mol. The first kappa shape index (κ1) is 24.4. The minimum Gasteiger partial charge on any atom is -0.369 e. The normalized spacial score (nSPS) is 17.4. The second kappa shape index (κ2) is 9.40. The summed E-state index contributed by atoms with van der Waals surface area (Å²) in [5, 5.41) is 10.7. The molecule has 1 aliphatic heterocycles. The number of carbonyl (C=O) groups excluding carboxylic acids is 1. The van der Waals surface area contributed by atoms with Gasteiger partial charge in [0.15, 0.2) is 10.9 Å². The van der Waals surface area contributed by atoms with E-state index in [1.54, 1.807) is 40.2 Å². The highest BCUT2D eigenvalue weighted by atomic mass is 35.5. The number of thioether (sulfide) groups is 1. The first-order valence-corrected chi connectivity index (χ1v) is 14.1. The van der Waals surface area contributed by atoms with Crippen LogP contribution < -0.4 is 5.56 Å². The van der Waals surface area contributed by atoms with Crippen molar-refractivity contribution < 1.29 is 9.53 Å². The number of hydrogen-bond acceptors (Lipinski definition) is 7. The summed E-state index contributed by atoms with van der Waals surface area (Å²) in [5.41, 5.74) is 1.89. The topological polar surface area (TPSA) is 78.5 Å². The smallest absolute Gasteiger partial charge is 0.268 e. The van der Waals surface area contributed by atoms with E-state index >= 15 is 0 Å². The Morgan fingerprint density at radius 1 is 1.16 bits per heavy atom. The van der Waals surface area contributed by atoms with Gasteiger partial charge >= 0.3 is 0 Å². The Labute approximate surface area is 226 Å². The molecule has 5 aromatic rings. The summed E-state index contributed by atoms with van der Waals surface area (Å²) in [6.07, 6.45) is 1.51. The molecule has 6 rings (SSSR count). The SMILES string of the molecule is CCC1(C)Cc2c(sc3c2c(=O)n(-c2ccccc2)c2nnc(SCC(=O)c4ccc(Cl)cc4)n32)CO1. The van der Waals surface area contributed by atoms with Crippen molar-refractivity contribution in [2.75, 3.05) is 5.75 Å². The molecule has 2 aromatic carbocycles. The Hall–Kier alpha value is -2.98. The fourth-order valence-electron chi connectivity index (χ4n) is 4.61. The molecule has 4 heterocycles. The van der Waals surface area contributed by atoms with Gasteiger partial charge in [-0.15, -0.1) is 21.5 Å². The quantitative estimate of drug-likeness (QED) is 0.192. The van der Waals surface area contributed by atoms with Crippen LogP contribution in [-0.2, 0) is 17.8 Å². The number of carbonyl (C=O) groups is 1. The third-order valence-corrected chi connectivity index (χ3v) is 9.24. The zero-order chi connectivity index (χ0) is 25.7. The summed E-state index contributed by atoms with van der Waals surface area (Å²) in [5.74, 6) is 0.558. The van der Waals surface area contributed by atoms with Gasteiger partial charge in [0.25, 0.3) is 5.56 Å². The molecule has 0 radical (unpaired) electrons. The Morgan fingerprint density at radius 3 is 2.65 bits per heavy atom. The molecule has 0 saturated heterocycles. The molecule has 0 N–H and O–H groups in total. The molecule has 37 heavy (non-hydrogen) atoms. The van der Waals surface area contributed by atoms with Crippen LogP contribution in [-0.4, -0.2) is 36.3 Å². The maximum atomic E-state index is 14.0. The summed E-state index contributed by atoms with van der Waals surface area (Å²) in [6, 6.07) is 16.3. The zero-order valence-corrected chi connectivity index (χ0v) is 22.6. The minimum atomic E-state index is -0.324. The highest BCUT2D eigenvalue weighted by Gasteiger charge is 2.34. The van der Waals surface area contributed by atoms with Crippen molar-refractivity contribution in [2.45, 2.75) is 44.1 Å². The third kappa shape index (κ3) is 4.20. The van der Waals surface area contributed by atoms with Crippen LogP contribution in [0, 0.1) is 0 Å². The Morgan fingerprint density at radius 2 is 1.92 bits per heavy atom. The number of nitrogens with zero attached hydrogens (tertiary/aromatic N) is 4. The highest BCUT2D eigenvalue weighted by molar-refractivity contribution is 7.99. The summed E-state index contributed by atoms with van der Waals surface area (Å²) < 4.78 is 9.72. The first-order valence-electron chi connectivity index (χ1n) is 11.9. The lowest BCUT2D eigenvalue weighted by molar-refractivity contribution is -0.0543.